The Balaban J connectivity index is 2.01. The monoisotopic (exact) mass is 312 g/mol. The lowest BCUT2D eigenvalue weighted by atomic mass is 9.76. The van der Waals surface area contributed by atoms with Gasteiger partial charge in [0.25, 0.3) is 0 Å². The molecule has 0 radical (unpaired) electrons. The molecule has 18 heavy (non-hydrogen) atoms. The summed E-state index contributed by atoms with van der Waals surface area (Å²) < 4.78 is 0.909. The lowest BCUT2D eigenvalue weighted by molar-refractivity contribution is 0.233. The molecule has 2 rings (SSSR count). The summed E-state index contributed by atoms with van der Waals surface area (Å²) in [6, 6.07) is 0. The van der Waals surface area contributed by atoms with Crippen LogP contribution in [0.15, 0.2) is 10.8 Å². The van der Waals surface area contributed by atoms with Gasteiger partial charge in [0.1, 0.15) is 22.4 Å². The lowest BCUT2D eigenvalue weighted by Crippen LogP contribution is -2.29. The number of aromatic nitrogens is 2. The van der Waals surface area contributed by atoms with E-state index < -0.39 is 0 Å². The average molecular weight is 313 g/mol. The van der Waals surface area contributed by atoms with Crippen molar-refractivity contribution in [3.05, 3.63) is 10.8 Å². The molecule has 0 spiro atoms. The summed E-state index contributed by atoms with van der Waals surface area (Å²) in [7, 11) is 1.86. The predicted octanol–water partition coefficient (Wildman–Crippen LogP) is 3.66. The second kappa shape index (κ2) is 5.87. The maximum Gasteiger partial charge on any atom is 0.145 e. The van der Waals surface area contributed by atoms with Crippen molar-refractivity contribution < 1.29 is 0 Å². The van der Waals surface area contributed by atoms with Gasteiger partial charge in [0, 0.05) is 13.6 Å². The standard InChI is InChI=1S/C13H21BrN4/c1-13(6-4-3-5-7-13)8-16-12-10(14)11(15-2)17-9-18-12/h9H,3-8H2,1-2H3,(H2,15,16,17,18). The first-order chi connectivity index (χ1) is 8.64. The number of nitrogens with one attached hydrogen (secondary N) is 2. The summed E-state index contributed by atoms with van der Waals surface area (Å²) in [5.74, 6) is 1.70. The molecule has 0 unspecified atom stereocenters. The third kappa shape index (κ3) is 3.13. The van der Waals surface area contributed by atoms with Gasteiger partial charge in [-0.3, -0.25) is 0 Å². The third-order valence-corrected chi connectivity index (χ3v) is 4.52. The second-order valence-corrected chi connectivity index (χ2v) is 6.15. The number of anilines is 2. The summed E-state index contributed by atoms with van der Waals surface area (Å²) in [6.45, 7) is 3.35. The Morgan fingerprint density at radius 2 is 1.89 bits per heavy atom. The first kappa shape index (κ1) is 13.6. The van der Waals surface area contributed by atoms with Gasteiger partial charge in [-0.25, -0.2) is 9.97 Å². The Bertz CT molecular complexity index is 402. The second-order valence-electron chi connectivity index (χ2n) is 5.36. The number of halogens is 1. The van der Waals surface area contributed by atoms with Crippen LogP contribution >= 0.6 is 15.9 Å². The molecule has 1 heterocycles. The van der Waals surface area contributed by atoms with Crippen LogP contribution in [-0.4, -0.2) is 23.6 Å². The smallest absolute Gasteiger partial charge is 0.145 e. The SMILES string of the molecule is CNc1ncnc(NCC2(C)CCCCC2)c1Br. The molecule has 0 aromatic carbocycles. The maximum atomic E-state index is 4.29. The lowest BCUT2D eigenvalue weighted by Gasteiger charge is -2.33. The Hall–Kier alpha value is -0.840. The minimum atomic E-state index is 0.405. The molecule has 0 atom stereocenters. The van der Waals surface area contributed by atoms with Crippen LogP contribution in [0.1, 0.15) is 39.0 Å². The highest BCUT2D eigenvalue weighted by Crippen LogP contribution is 2.36. The highest BCUT2D eigenvalue weighted by molar-refractivity contribution is 9.10. The maximum absolute atomic E-state index is 4.29. The molecule has 0 amide bonds. The first-order valence-corrected chi connectivity index (χ1v) is 7.36. The minimum absolute atomic E-state index is 0.405. The molecule has 1 aliphatic rings. The van der Waals surface area contributed by atoms with E-state index in [-0.39, 0.29) is 0 Å². The van der Waals surface area contributed by atoms with Crippen LogP contribution in [0.4, 0.5) is 11.6 Å². The van der Waals surface area contributed by atoms with Crippen molar-refractivity contribution >= 4 is 27.6 Å². The third-order valence-electron chi connectivity index (χ3n) is 3.77. The van der Waals surface area contributed by atoms with Gasteiger partial charge in [0.05, 0.1) is 0 Å². The van der Waals surface area contributed by atoms with Crippen molar-refractivity contribution in [3.63, 3.8) is 0 Å². The van der Waals surface area contributed by atoms with Crippen molar-refractivity contribution in [2.75, 3.05) is 24.2 Å². The quantitative estimate of drug-likeness (QED) is 0.890. The van der Waals surface area contributed by atoms with E-state index in [0.717, 1.165) is 22.7 Å². The molecule has 1 aromatic rings. The van der Waals surface area contributed by atoms with Gasteiger partial charge >= 0.3 is 0 Å². The van der Waals surface area contributed by atoms with E-state index in [1.54, 1.807) is 6.33 Å². The zero-order valence-corrected chi connectivity index (χ0v) is 12.7. The molecular formula is C13H21BrN4. The Labute approximate surface area is 117 Å². The summed E-state index contributed by atoms with van der Waals surface area (Å²) in [5, 5.41) is 6.51. The van der Waals surface area contributed by atoms with Crippen molar-refractivity contribution in [1.82, 2.24) is 9.97 Å². The molecular weight excluding hydrogens is 292 g/mol. The fourth-order valence-electron chi connectivity index (χ4n) is 2.55. The summed E-state index contributed by atoms with van der Waals surface area (Å²) in [4.78, 5) is 8.45. The van der Waals surface area contributed by atoms with Gasteiger partial charge in [-0.1, -0.05) is 26.2 Å². The van der Waals surface area contributed by atoms with Gasteiger partial charge in [-0.15, -0.1) is 0 Å². The van der Waals surface area contributed by atoms with E-state index in [1.165, 1.54) is 32.1 Å². The van der Waals surface area contributed by atoms with E-state index in [0.29, 0.717) is 5.41 Å². The molecule has 1 fully saturated rings. The van der Waals surface area contributed by atoms with Crippen molar-refractivity contribution in [1.29, 1.82) is 0 Å². The summed E-state index contributed by atoms with van der Waals surface area (Å²) in [5.41, 5.74) is 0.405. The van der Waals surface area contributed by atoms with Gasteiger partial charge in [0.15, 0.2) is 0 Å². The van der Waals surface area contributed by atoms with Crippen LogP contribution in [0.25, 0.3) is 0 Å². The van der Waals surface area contributed by atoms with E-state index in [9.17, 15) is 0 Å². The number of rotatable bonds is 4. The van der Waals surface area contributed by atoms with Crippen LogP contribution in [0, 0.1) is 5.41 Å². The largest absolute Gasteiger partial charge is 0.372 e. The van der Waals surface area contributed by atoms with Gasteiger partial charge < -0.3 is 10.6 Å². The molecule has 0 saturated heterocycles. The van der Waals surface area contributed by atoms with Crippen molar-refractivity contribution in [2.24, 2.45) is 5.41 Å². The van der Waals surface area contributed by atoms with Crippen LogP contribution in [0.5, 0.6) is 0 Å². The van der Waals surface area contributed by atoms with Crippen molar-refractivity contribution in [3.8, 4) is 0 Å². The number of hydrogen-bond acceptors (Lipinski definition) is 4. The van der Waals surface area contributed by atoms with Gasteiger partial charge in [-0.2, -0.15) is 0 Å². The van der Waals surface area contributed by atoms with E-state index in [2.05, 4.69) is 43.5 Å². The van der Waals surface area contributed by atoms with Crippen LogP contribution < -0.4 is 10.6 Å². The minimum Gasteiger partial charge on any atom is -0.372 e. The highest BCUT2D eigenvalue weighted by atomic mass is 79.9. The molecule has 1 saturated carbocycles. The molecule has 4 nitrogen and oxygen atoms in total. The van der Waals surface area contributed by atoms with Crippen LogP contribution in [0.2, 0.25) is 0 Å². The van der Waals surface area contributed by atoms with Crippen molar-refractivity contribution in [2.45, 2.75) is 39.0 Å². The fraction of sp³-hybridized carbons (Fsp3) is 0.692. The summed E-state index contributed by atoms with van der Waals surface area (Å²) >= 11 is 3.53. The zero-order valence-electron chi connectivity index (χ0n) is 11.1. The average Bonchev–Trinajstić information content (AvgIpc) is 2.38. The highest BCUT2D eigenvalue weighted by Gasteiger charge is 2.26. The molecule has 100 valence electrons. The topological polar surface area (TPSA) is 49.8 Å². The Morgan fingerprint density at radius 3 is 2.56 bits per heavy atom. The predicted molar refractivity (Wildman–Crippen MR) is 79.0 cm³/mol. The first-order valence-electron chi connectivity index (χ1n) is 6.57. The normalized spacial score (nSPS) is 18.4. The molecule has 0 aliphatic heterocycles. The van der Waals surface area contributed by atoms with E-state index in [4.69, 9.17) is 0 Å². The molecule has 0 bridgehead atoms. The molecule has 1 aromatic heterocycles. The van der Waals surface area contributed by atoms with E-state index >= 15 is 0 Å². The Kier molecular flexibility index (Phi) is 4.43. The van der Waals surface area contributed by atoms with Gasteiger partial charge in [-0.05, 0) is 34.2 Å². The number of nitrogens with zero attached hydrogens (tertiary/aromatic N) is 2. The van der Waals surface area contributed by atoms with E-state index in [1.807, 2.05) is 7.05 Å². The van der Waals surface area contributed by atoms with Crippen LogP contribution in [-0.2, 0) is 0 Å². The summed E-state index contributed by atoms with van der Waals surface area (Å²) in [6.07, 6.45) is 8.29. The van der Waals surface area contributed by atoms with Crippen LogP contribution in [0.3, 0.4) is 0 Å². The Morgan fingerprint density at radius 1 is 1.22 bits per heavy atom. The fourth-order valence-corrected chi connectivity index (χ4v) is 3.09. The number of hydrogen-bond donors (Lipinski definition) is 2. The molecule has 5 heteroatoms. The molecule has 2 N–H and O–H groups in total. The zero-order chi connectivity index (χ0) is 13.0. The van der Waals surface area contributed by atoms with Gasteiger partial charge in [0.2, 0.25) is 0 Å². The molecule has 1 aliphatic carbocycles.